The Morgan fingerprint density at radius 1 is 1.48 bits per heavy atom. The number of ether oxygens (including phenoxy) is 1. The van der Waals surface area contributed by atoms with Crippen molar-refractivity contribution in [3.8, 4) is 0 Å². The van der Waals surface area contributed by atoms with E-state index in [1.54, 1.807) is 24.7 Å². The molecule has 1 N–H and O–H groups in total. The van der Waals surface area contributed by atoms with Gasteiger partial charge in [0, 0.05) is 7.05 Å². The van der Waals surface area contributed by atoms with E-state index in [1.807, 2.05) is 13.0 Å². The maximum absolute atomic E-state index is 13.8. The van der Waals surface area contributed by atoms with Crippen LogP contribution in [0.4, 0.5) is 10.1 Å². The zero-order chi connectivity index (χ0) is 15.4. The number of aryl methyl sites for hydroxylation is 2. The Labute approximate surface area is 122 Å². The standard InChI is InChI=1S/C15H18FN3O2/c1-4-21-15(20)11-8-18-19(3)13(11)9-17-14-10(2)6-5-7-12(14)16/h5-8,17H,4,9H2,1-3H3. The number of nitrogens with one attached hydrogen (secondary N) is 1. The molecule has 0 aliphatic rings. The summed E-state index contributed by atoms with van der Waals surface area (Å²) in [4.78, 5) is 11.8. The third kappa shape index (κ3) is 3.21. The number of carbonyl (C=O) groups excluding carboxylic acids is 1. The molecule has 0 unspecified atom stereocenters. The maximum atomic E-state index is 13.8. The maximum Gasteiger partial charge on any atom is 0.341 e. The van der Waals surface area contributed by atoms with Gasteiger partial charge in [0.1, 0.15) is 11.4 Å². The van der Waals surface area contributed by atoms with Crippen molar-refractivity contribution in [2.24, 2.45) is 7.05 Å². The third-order valence-electron chi connectivity index (χ3n) is 3.21. The monoisotopic (exact) mass is 291 g/mol. The zero-order valence-electron chi connectivity index (χ0n) is 12.3. The number of hydrogen-bond donors (Lipinski definition) is 1. The van der Waals surface area contributed by atoms with Gasteiger partial charge in [-0.25, -0.2) is 9.18 Å². The van der Waals surface area contributed by atoms with E-state index in [4.69, 9.17) is 4.74 Å². The molecule has 112 valence electrons. The van der Waals surface area contributed by atoms with Crippen LogP contribution in [0.15, 0.2) is 24.4 Å². The smallest absolute Gasteiger partial charge is 0.341 e. The summed E-state index contributed by atoms with van der Waals surface area (Å²) in [5.41, 5.74) is 2.26. The van der Waals surface area contributed by atoms with Gasteiger partial charge in [0.15, 0.2) is 0 Å². The number of anilines is 1. The van der Waals surface area contributed by atoms with Gasteiger partial charge in [-0.15, -0.1) is 0 Å². The minimum Gasteiger partial charge on any atom is -0.462 e. The fourth-order valence-corrected chi connectivity index (χ4v) is 2.08. The van der Waals surface area contributed by atoms with E-state index in [9.17, 15) is 9.18 Å². The summed E-state index contributed by atoms with van der Waals surface area (Å²) in [5, 5.41) is 7.08. The van der Waals surface area contributed by atoms with Crippen molar-refractivity contribution in [1.29, 1.82) is 0 Å². The Balaban J connectivity index is 2.21. The molecule has 0 saturated heterocycles. The second-order valence-electron chi connectivity index (χ2n) is 4.63. The lowest BCUT2D eigenvalue weighted by molar-refractivity contribution is 0.0525. The molecule has 5 nitrogen and oxygen atoms in total. The minimum atomic E-state index is -0.423. The van der Waals surface area contributed by atoms with Gasteiger partial charge >= 0.3 is 5.97 Å². The normalized spacial score (nSPS) is 10.5. The Bertz CT molecular complexity index is 632. The molecule has 6 heteroatoms. The number of nitrogens with zero attached hydrogens (tertiary/aromatic N) is 2. The molecular weight excluding hydrogens is 273 g/mol. The highest BCUT2D eigenvalue weighted by atomic mass is 19.1. The summed E-state index contributed by atoms with van der Waals surface area (Å²) in [6.45, 7) is 4.15. The molecule has 2 aromatic rings. The van der Waals surface area contributed by atoms with Crippen molar-refractivity contribution in [2.45, 2.75) is 20.4 Å². The molecule has 1 aromatic heterocycles. The first kappa shape index (κ1) is 15.0. The summed E-state index contributed by atoms with van der Waals surface area (Å²) in [6, 6.07) is 4.87. The first-order valence-corrected chi connectivity index (χ1v) is 6.71. The summed E-state index contributed by atoms with van der Waals surface area (Å²) in [6.07, 6.45) is 1.46. The Kier molecular flexibility index (Phi) is 4.57. The predicted molar refractivity (Wildman–Crippen MR) is 77.6 cm³/mol. The van der Waals surface area contributed by atoms with Gasteiger partial charge in [-0.1, -0.05) is 12.1 Å². The van der Waals surface area contributed by atoms with Gasteiger partial charge in [-0.3, -0.25) is 4.68 Å². The number of benzene rings is 1. The molecule has 0 radical (unpaired) electrons. The quantitative estimate of drug-likeness (QED) is 0.860. The van der Waals surface area contributed by atoms with Crippen LogP contribution in [0, 0.1) is 12.7 Å². The highest BCUT2D eigenvalue weighted by molar-refractivity contribution is 5.90. The van der Waals surface area contributed by atoms with Crippen molar-refractivity contribution in [3.05, 3.63) is 47.0 Å². The largest absolute Gasteiger partial charge is 0.462 e. The lowest BCUT2D eigenvalue weighted by Crippen LogP contribution is -2.13. The first-order valence-electron chi connectivity index (χ1n) is 6.71. The summed E-state index contributed by atoms with van der Waals surface area (Å²) in [7, 11) is 1.73. The van der Waals surface area contributed by atoms with E-state index < -0.39 is 5.97 Å². The average molecular weight is 291 g/mol. The summed E-state index contributed by atoms with van der Waals surface area (Å²) >= 11 is 0. The Hall–Kier alpha value is -2.37. The van der Waals surface area contributed by atoms with Gasteiger partial charge in [0.05, 0.1) is 30.7 Å². The van der Waals surface area contributed by atoms with Crippen LogP contribution >= 0.6 is 0 Å². The highest BCUT2D eigenvalue weighted by Gasteiger charge is 2.17. The van der Waals surface area contributed by atoms with E-state index in [-0.39, 0.29) is 12.4 Å². The van der Waals surface area contributed by atoms with Crippen LogP contribution in [0.3, 0.4) is 0 Å². The van der Waals surface area contributed by atoms with Crippen molar-refractivity contribution >= 4 is 11.7 Å². The Morgan fingerprint density at radius 2 is 2.24 bits per heavy atom. The summed E-state index contributed by atoms with van der Waals surface area (Å²) < 4.78 is 20.3. The molecule has 21 heavy (non-hydrogen) atoms. The molecule has 0 amide bonds. The Morgan fingerprint density at radius 3 is 2.90 bits per heavy atom. The van der Waals surface area contributed by atoms with Gasteiger partial charge < -0.3 is 10.1 Å². The van der Waals surface area contributed by atoms with Gasteiger partial charge in [-0.2, -0.15) is 5.10 Å². The lowest BCUT2D eigenvalue weighted by atomic mass is 10.2. The van der Waals surface area contributed by atoms with E-state index >= 15 is 0 Å². The van der Waals surface area contributed by atoms with Crippen molar-refractivity contribution < 1.29 is 13.9 Å². The van der Waals surface area contributed by atoms with E-state index in [1.165, 1.54) is 12.3 Å². The number of para-hydroxylation sites is 1. The molecule has 1 aromatic carbocycles. The van der Waals surface area contributed by atoms with E-state index in [0.29, 0.717) is 23.6 Å². The molecular formula is C15H18FN3O2. The fraction of sp³-hybridized carbons (Fsp3) is 0.333. The number of carbonyl (C=O) groups is 1. The minimum absolute atomic E-state index is 0.284. The van der Waals surface area contributed by atoms with Crippen molar-refractivity contribution in [2.75, 3.05) is 11.9 Å². The molecule has 0 aliphatic carbocycles. The van der Waals surface area contributed by atoms with Crippen LogP contribution in [-0.2, 0) is 18.3 Å². The molecule has 0 fully saturated rings. The first-order chi connectivity index (χ1) is 10.0. The van der Waals surface area contributed by atoms with Gasteiger partial charge in [0.25, 0.3) is 0 Å². The average Bonchev–Trinajstić information content (AvgIpc) is 2.80. The second kappa shape index (κ2) is 6.39. The topological polar surface area (TPSA) is 56.1 Å². The molecule has 0 atom stereocenters. The van der Waals surface area contributed by atoms with Crippen molar-refractivity contribution in [3.63, 3.8) is 0 Å². The van der Waals surface area contributed by atoms with Gasteiger partial charge in [-0.05, 0) is 25.5 Å². The van der Waals surface area contributed by atoms with E-state index in [2.05, 4.69) is 10.4 Å². The molecule has 0 aliphatic heterocycles. The number of aromatic nitrogens is 2. The van der Waals surface area contributed by atoms with Crippen LogP contribution in [0.5, 0.6) is 0 Å². The van der Waals surface area contributed by atoms with Gasteiger partial charge in [0.2, 0.25) is 0 Å². The fourth-order valence-electron chi connectivity index (χ4n) is 2.08. The predicted octanol–water partition coefficient (Wildman–Crippen LogP) is 2.66. The van der Waals surface area contributed by atoms with Crippen LogP contribution < -0.4 is 5.32 Å². The number of halogens is 1. The molecule has 1 heterocycles. The zero-order valence-corrected chi connectivity index (χ0v) is 12.3. The molecule has 0 saturated carbocycles. The summed E-state index contributed by atoms with van der Waals surface area (Å²) in [5.74, 6) is -0.748. The second-order valence-corrected chi connectivity index (χ2v) is 4.63. The van der Waals surface area contributed by atoms with Crippen LogP contribution in [0.25, 0.3) is 0 Å². The lowest BCUT2D eigenvalue weighted by Gasteiger charge is -2.12. The van der Waals surface area contributed by atoms with Crippen LogP contribution in [-0.4, -0.2) is 22.4 Å². The SMILES string of the molecule is CCOC(=O)c1cnn(C)c1CNc1c(C)cccc1F. The molecule has 0 bridgehead atoms. The van der Waals surface area contributed by atoms with Crippen LogP contribution in [0.1, 0.15) is 28.5 Å². The third-order valence-corrected chi connectivity index (χ3v) is 3.21. The molecule has 2 rings (SSSR count). The number of hydrogen-bond acceptors (Lipinski definition) is 4. The molecule has 0 spiro atoms. The van der Waals surface area contributed by atoms with Crippen LogP contribution in [0.2, 0.25) is 0 Å². The van der Waals surface area contributed by atoms with E-state index in [0.717, 1.165) is 5.56 Å². The number of rotatable bonds is 5. The van der Waals surface area contributed by atoms with Crippen molar-refractivity contribution in [1.82, 2.24) is 9.78 Å². The highest BCUT2D eigenvalue weighted by Crippen LogP contribution is 2.20. The number of esters is 1.